The Balaban J connectivity index is 2.44. The third-order valence-electron chi connectivity index (χ3n) is 2.88. The van der Waals surface area contributed by atoms with Crippen LogP contribution in [0.5, 0.6) is 0 Å². The number of hydrogen-bond acceptors (Lipinski definition) is 3. The Hall–Kier alpha value is -1.10. The van der Waals surface area contributed by atoms with Gasteiger partial charge in [0.05, 0.1) is 6.42 Å². The monoisotopic (exact) mass is 228 g/mol. The summed E-state index contributed by atoms with van der Waals surface area (Å²) in [5.41, 5.74) is 0. The average molecular weight is 228 g/mol. The lowest BCUT2D eigenvalue weighted by Crippen LogP contribution is -2.38. The fourth-order valence-electron chi connectivity index (χ4n) is 2.04. The molecule has 1 N–H and O–H groups in total. The van der Waals surface area contributed by atoms with Crippen molar-refractivity contribution in [3.05, 3.63) is 0 Å². The molecule has 0 aromatic rings. The Kier molecular flexibility index (Phi) is 4.73. The van der Waals surface area contributed by atoms with Crippen molar-refractivity contribution in [1.29, 1.82) is 0 Å². The third-order valence-corrected chi connectivity index (χ3v) is 2.88. The van der Waals surface area contributed by atoms with Gasteiger partial charge in [0.2, 0.25) is 5.91 Å². The molecule has 5 heteroatoms. The first kappa shape index (κ1) is 13.0. The summed E-state index contributed by atoms with van der Waals surface area (Å²) in [7, 11) is 3.85. The third kappa shape index (κ3) is 3.81. The smallest absolute Gasteiger partial charge is 0.305 e. The number of aliphatic carboxylic acids is 1. The molecular weight excluding hydrogens is 208 g/mol. The number of nitrogens with zero attached hydrogens (tertiary/aromatic N) is 2. The highest BCUT2D eigenvalue weighted by molar-refractivity contribution is 5.78. The minimum Gasteiger partial charge on any atom is -0.481 e. The highest BCUT2D eigenvalue weighted by Crippen LogP contribution is 2.20. The lowest BCUT2D eigenvalue weighted by molar-refractivity contribution is -0.139. The summed E-state index contributed by atoms with van der Waals surface area (Å²) >= 11 is 0. The fraction of sp³-hybridized carbons (Fsp3) is 0.818. The standard InChI is InChI=1S/C11H20N2O3/c1-12(2)7-5-10(14)13-6-3-4-9(13)8-11(15)16/h9H,3-8H2,1-2H3,(H,15,16). The van der Waals surface area contributed by atoms with Crippen LogP contribution in [0, 0.1) is 0 Å². The summed E-state index contributed by atoms with van der Waals surface area (Å²) in [6.45, 7) is 1.43. The van der Waals surface area contributed by atoms with E-state index in [1.165, 1.54) is 0 Å². The zero-order valence-electron chi connectivity index (χ0n) is 9.98. The maximum Gasteiger partial charge on any atom is 0.305 e. The summed E-state index contributed by atoms with van der Waals surface area (Å²) in [4.78, 5) is 26.2. The van der Waals surface area contributed by atoms with Crippen LogP contribution in [0.2, 0.25) is 0 Å². The van der Waals surface area contributed by atoms with Crippen molar-refractivity contribution in [1.82, 2.24) is 9.80 Å². The highest BCUT2D eigenvalue weighted by Gasteiger charge is 2.29. The molecule has 1 rings (SSSR count). The zero-order chi connectivity index (χ0) is 12.1. The van der Waals surface area contributed by atoms with Crippen molar-refractivity contribution in [2.24, 2.45) is 0 Å². The summed E-state index contributed by atoms with van der Waals surface area (Å²) in [5.74, 6) is -0.741. The second kappa shape index (κ2) is 5.84. The molecular formula is C11H20N2O3. The first-order valence-corrected chi connectivity index (χ1v) is 5.66. The molecule has 0 radical (unpaired) electrons. The van der Waals surface area contributed by atoms with Gasteiger partial charge >= 0.3 is 5.97 Å². The number of amides is 1. The molecule has 1 fully saturated rings. The number of carbonyl (C=O) groups excluding carboxylic acids is 1. The summed E-state index contributed by atoms with van der Waals surface area (Å²) in [6.07, 6.45) is 2.29. The van der Waals surface area contributed by atoms with Crippen LogP contribution in [0.1, 0.15) is 25.7 Å². The van der Waals surface area contributed by atoms with Crippen LogP contribution in [-0.4, -0.2) is 60.0 Å². The molecule has 1 aliphatic heterocycles. The van der Waals surface area contributed by atoms with E-state index >= 15 is 0 Å². The molecule has 0 spiro atoms. The van der Waals surface area contributed by atoms with Crippen molar-refractivity contribution < 1.29 is 14.7 Å². The number of hydrogen-bond donors (Lipinski definition) is 1. The molecule has 1 aliphatic rings. The number of rotatable bonds is 5. The lowest BCUT2D eigenvalue weighted by atomic mass is 10.1. The van der Waals surface area contributed by atoms with Crippen LogP contribution in [0.3, 0.4) is 0 Å². The van der Waals surface area contributed by atoms with E-state index in [0.717, 1.165) is 19.4 Å². The molecule has 92 valence electrons. The highest BCUT2D eigenvalue weighted by atomic mass is 16.4. The van der Waals surface area contributed by atoms with Gasteiger partial charge in [-0.25, -0.2) is 0 Å². The maximum absolute atomic E-state index is 11.8. The van der Waals surface area contributed by atoms with E-state index in [9.17, 15) is 9.59 Å². The average Bonchev–Trinajstić information content (AvgIpc) is 2.61. The van der Waals surface area contributed by atoms with Gasteiger partial charge in [-0.3, -0.25) is 9.59 Å². The normalized spacial score (nSPS) is 20.4. The first-order chi connectivity index (χ1) is 7.50. The predicted molar refractivity (Wildman–Crippen MR) is 60.2 cm³/mol. The van der Waals surface area contributed by atoms with Crippen molar-refractivity contribution in [3.8, 4) is 0 Å². The maximum atomic E-state index is 11.8. The van der Waals surface area contributed by atoms with Gasteiger partial charge in [0.1, 0.15) is 0 Å². The number of likely N-dealkylation sites (tertiary alicyclic amines) is 1. The topological polar surface area (TPSA) is 60.9 Å². The SMILES string of the molecule is CN(C)CCC(=O)N1CCCC1CC(=O)O. The Morgan fingerprint density at radius 3 is 2.69 bits per heavy atom. The Morgan fingerprint density at radius 2 is 2.12 bits per heavy atom. The fourth-order valence-corrected chi connectivity index (χ4v) is 2.04. The molecule has 0 bridgehead atoms. The van der Waals surface area contributed by atoms with Gasteiger partial charge in [0.25, 0.3) is 0 Å². The summed E-state index contributed by atoms with van der Waals surface area (Å²) in [5, 5.41) is 8.75. The Morgan fingerprint density at radius 1 is 1.44 bits per heavy atom. The molecule has 16 heavy (non-hydrogen) atoms. The van der Waals surface area contributed by atoms with Gasteiger partial charge in [-0.05, 0) is 26.9 Å². The van der Waals surface area contributed by atoms with Crippen molar-refractivity contribution in [2.75, 3.05) is 27.2 Å². The van der Waals surface area contributed by atoms with Crippen molar-refractivity contribution in [2.45, 2.75) is 31.7 Å². The van der Waals surface area contributed by atoms with E-state index in [0.29, 0.717) is 13.0 Å². The second-order valence-corrected chi connectivity index (χ2v) is 4.53. The van der Waals surface area contributed by atoms with Crippen LogP contribution in [-0.2, 0) is 9.59 Å². The Labute approximate surface area is 96.0 Å². The predicted octanol–water partition coefficient (Wildman–Crippen LogP) is 0.404. The molecule has 1 amide bonds. The van der Waals surface area contributed by atoms with Crippen molar-refractivity contribution >= 4 is 11.9 Å². The van der Waals surface area contributed by atoms with Crippen LogP contribution < -0.4 is 0 Å². The largest absolute Gasteiger partial charge is 0.481 e. The van der Waals surface area contributed by atoms with E-state index in [1.54, 1.807) is 4.90 Å². The van der Waals surface area contributed by atoms with E-state index in [-0.39, 0.29) is 18.4 Å². The molecule has 0 aliphatic carbocycles. The van der Waals surface area contributed by atoms with Gasteiger partial charge in [-0.2, -0.15) is 0 Å². The quantitative estimate of drug-likeness (QED) is 0.740. The van der Waals surface area contributed by atoms with E-state index in [2.05, 4.69) is 0 Å². The minimum absolute atomic E-state index is 0.0771. The molecule has 0 aromatic heterocycles. The van der Waals surface area contributed by atoms with Gasteiger partial charge < -0.3 is 14.9 Å². The lowest BCUT2D eigenvalue weighted by Gasteiger charge is -2.24. The van der Waals surface area contributed by atoms with Crippen LogP contribution >= 0.6 is 0 Å². The van der Waals surface area contributed by atoms with Gasteiger partial charge in [-0.1, -0.05) is 0 Å². The molecule has 0 saturated carbocycles. The molecule has 1 unspecified atom stereocenters. The van der Waals surface area contributed by atoms with Crippen LogP contribution in [0.4, 0.5) is 0 Å². The van der Waals surface area contributed by atoms with Gasteiger partial charge in [0, 0.05) is 25.6 Å². The number of carboxylic acids is 1. The van der Waals surface area contributed by atoms with Gasteiger partial charge in [-0.15, -0.1) is 0 Å². The van der Waals surface area contributed by atoms with Crippen LogP contribution in [0.15, 0.2) is 0 Å². The number of carboxylic acid groups (broad SMARTS) is 1. The summed E-state index contributed by atoms with van der Waals surface area (Å²) < 4.78 is 0. The van der Waals surface area contributed by atoms with E-state index < -0.39 is 5.97 Å². The minimum atomic E-state index is -0.822. The number of carbonyl (C=O) groups is 2. The van der Waals surface area contributed by atoms with Gasteiger partial charge in [0.15, 0.2) is 0 Å². The van der Waals surface area contributed by atoms with Crippen molar-refractivity contribution in [3.63, 3.8) is 0 Å². The zero-order valence-corrected chi connectivity index (χ0v) is 9.98. The summed E-state index contributed by atoms with van der Waals surface area (Å²) in [6, 6.07) is -0.0906. The van der Waals surface area contributed by atoms with E-state index in [1.807, 2.05) is 19.0 Å². The molecule has 1 atom stereocenters. The van der Waals surface area contributed by atoms with Crippen LogP contribution in [0.25, 0.3) is 0 Å². The molecule has 1 heterocycles. The first-order valence-electron chi connectivity index (χ1n) is 5.66. The Bertz CT molecular complexity index is 266. The van der Waals surface area contributed by atoms with E-state index in [4.69, 9.17) is 5.11 Å². The second-order valence-electron chi connectivity index (χ2n) is 4.53. The molecule has 0 aromatic carbocycles. The molecule has 1 saturated heterocycles. The molecule has 5 nitrogen and oxygen atoms in total.